The van der Waals surface area contributed by atoms with Crippen molar-refractivity contribution in [2.24, 2.45) is 0 Å². The fraction of sp³-hybridized carbons (Fsp3) is 0.316. The predicted molar refractivity (Wildman–Crippen MR) is 99.9 cm³/mol. The van der Waals surface area contributed by atoms with Gasteiger partial charge in [0.15, 0.2) is 0 Å². The topological polar surface area (TPSA) is 75.7 Å². The smallest absolute Gasteiger partial charge is 0.257 e. The standard InChI is InChI=1S/C19H22N2O4S/c1-14-11-15(2)13-16(12-14)20-19(22)17-5-3-4-6-18(17)26(23,24)21-7-9-25-10-8-21/h3-6,11-13H,7-10H2,1-2H3,(H,20,22). The Morgan fingerprint density at radius 1 is 1.04 bits per heavy atom. The Labute approximate surface area is 153 Å². The van der Waals surface area contributed by atoms with Crippen LogP contribution in [0.5, 0.6) is 0 Å². The number of benzene rings is 2. The molecule has 0 unspecified atom stereocenters. The van der Waals surface area contributed by atoms with Gasteiger partial charge in [-0.1, -0.05) is 18.2 Å². The Kier molecular flexibility index (Phi) is 5.41. The highest BCUT2D eigenvalue weighted by atomic mass is 32.2. The Bertz CT molecular complexity index is 899. The van der Waals surface area contributed by atoms with E-state index in [1.165, 1.54) is 16.4 Å². The van der Waals surface area contributed by atoms with Crippen LogP contribution in [0.1, 0.15) is 21.5 Å². The quantitative estimate of drug-likeness (QED) is 0.892. The highest BCUT2D eigenvalue weighted by Crippen LogP contribution is 2.23. The number of ether oxygens (including phenoxy) is 1. The number of anilines is 1. The third-order valence-corrected chi connectivity index (χ3v) is 6.16. The van der Waals surface area contributed by atoms with Crippen molar-refractivity contribution in [3.8, 4) is 0 Å². The van der Waals surface area contributed by atoms with Gasteiger partial charge in [0, 0.05) is 18.8 Å². The van der Waals surface area contributed by atoms with Gasteiger partial charge in [0.05, 0.1) is 23.7 Å². The molecule has 138 valence electrons. The summed E-state index contributed by atoms with van der Waals surface area (Å²) in [7, 11) is -3.75. The lowest BCUT2D eigenvalue weighted by atomic mass is 10.1. The maximum Gasteiger partial charge on any atom is 0.257 e. The number of nitrogens with zero attached hydrogens (tertiary/aromatic N) is 1. The average molecular weight is 374 g/mol. The molecule has 1 heterocycles. The molecular weight excluding hydrogens is 352 g/mol. The van der Waals surface area contributed by atoms with Crippen molar-refractivity contribution in [3.63, 3.8) is 0 Å². The van der Waals surface area contributed by atoms with E-state index in [1.54, 1.807) is 12.1 Å². The number of rotatable bonds is 4. The molecule has 26 heavy (non-hydrogen) atoms. The zero-order valence-corrected chi connectivity index (χ0v) is 15.7. The summed E-state index contributed by atoms with van der Waals surface area (Å²) in [6.07, 6.45) is 0. The van der Waals surface area contributed by atoms with Gasteiger partial charge in [-0.25, -0.2) is 8.42 Å². The molecule has 0 spiro atoms. The summed E-state index contributed by atoms with van der Waals surface area (Å²) in [5.41, 5.74) is 2.83. The van der Waals surface area contributed by atoms with Gasteiger partial charge in [0.2, 0.25) is 10.0 Å². The number of carbonyl (C=O) groups excluding carboxylic acids is 1. The molecule has 2 aromatic rings. The molecular formula is C19H22N2O4S. The molecule has 0 aromatic heterocycles. The lowest BCUT2D eigenvalue weighted by Crippen LogP contribution is -2.41. The summed E-state index contributed by atoms with van der Waals surface area (Å²) in [6.45, 7) is 5.18. The number of morpholine rings is 1. The molecule has 0 saturated carbocycles. The van der Waals surface area contributed by atoms with Crippen LogP contribution >= 0.6 is 0 Å². The van der Waals surface area contributed by atoms with Gasteiger partial charge >= 0.3 is 0 Å². The molecule has 7 heteroatoms. The summed E-state index contributed by atoms with van der Waals surface area (Å²) in [5.74, 6) is -0.442. The average Bonchev–Trinajstić information content (AvgIpc) is 2.61. The summed E-state index contributed by atoms with van der Waals surface area (Å²) in [4.78, 5) is 12.8. The molecule has 1 amide bonds. The third-order valence-electron chi connectivity index (χ3n) is 4.20. The zero-order chi connectivity index (χ0) is 18.7. The first-order valence-electron chi connectivity index (χ1n) is 8.44. The molecule has 2 aromatic carbocycles. The van der Waals surface area contributed by atoms with Crippen LogP contribution in [0.15, 0.2) is 47.4 Å². The molecule has 1 saturated heterocycles. The molecule has 1 N–H and O–H groups in total. The summed E-state index contributed by atoms with van der Waals surface area (Å²) in [6, 6.07) is 12.0. The minimum Gasteiger partial charge on any atom is -0.379 e. The first-order valence-corrected chi connectivity index (χ1v) is 9.88. The molecule has 0 atom stereocenters. The molecule has 0 aliphatic carbocycles. The normalized spacial score (nSPS) is 15.6. The van der Waals surface area contributed by atoms with Crippen molar-refractivity contribution < 1.29 is 17.9 Å². The summed E-state index contributed by atoms with van der Waals surface area (Å²) >= 11 is 0. The van der Waals surface area contributed by atoms with E-state index in [2.05, 4.69) is 5.32 Å². The van der Waals surface area contributed by atoms with E-state index in [-0.39, 0.29) is 23.5 Å². The molecule has 1 aliphatic heterocycles. The number of carbonyl (C=O) groups is 1. The Hall–Kier alpha value is -2.22. The number of hydrogen-bond acceptors (Lipinski definition) is 4. The van der Waals surface area contributed by atoms with Gasteiger partial charge in [0.25, 0.3) is 5.91 Å². The van der Waals surface area contributed by atoms with Crippen molar-refractivity contribution in [2.75, 3.05) is 31.6 Å². The second-order valence-electron chi connectivity index (χ2n) is 6.34. The first kappa shape index (κ1) is 18.6. The van der Waals surface area contributed by atoms with Crippen molar-refractivity contribution in [3.05, 3.63) is 59.2 Å². The Morgan fingerprint density at radius 3 is 2.31 bits per heavy atom. The SMILES string of the molecule is Cc1cc(C)cc(NC(=O)c2ccccc2S(=O)(=O)N2CCOCC2)c1. The fourth-order valence-electron chi connectivity index (χ4n) is 3.05. The van der Waals surface area contributed by atoms with Gasteiger partial charge in [-0.3, -0.25) is 4.79 Å². The van der Waals surface area contributed by atoms with Gasteiger partial charge in [-0.05, 0) is 49.2 Å². The lowest BCUT2D eigenvalue weighted by Gasteiger charge is -2.26. The summed E-state index contributed by atoms with van der Waals surface area (Å²) < 4.78 is 32.5. The lowest BCUT2D eigenvalue weighted by molar-refractivity contribution is 0.0730. The minimum atomic E-state index is -3.75. The van der Waals surface area contributed by atoms with E-state index in [0.717, 1.165) is 11.1 Å². The molecule has 0 radical (unpaired) electrons. The second-order valence-corrected chi connectivity index (χ2v) is 8.25. The number of sulfonamides is 1. The number of hydrogen-bond donors (Lipinski definition) is 1. The van der Waals surface area contributed by atoms with Gasteiger partial charge in [0.1, 0.15) is 0 Å². The van der Waals surface area contributed by atoms with Crippen LogP contribution in [0.25, 0.3) is 0 Å². The van der Waals surface area contributed by atoms with E-state index in [0.29, 0.717) is 18.9 Å². The van der Waals surface area contributed by atoms with Crippen LogP contribution in [0.3, 0.4) is 0 Å². The summed E-state index contributed by atoms with van der Waals surface area (Å²) in [5, 5.41) is 2.81. The minimum absolute atomic E-state index is 0.0174. The van der Waals surface area contributed by atoms with Crippen LogP contribution in [0, 0.1) is 13.8 Å². The first-order chi connectivity index (χ1) is 12.4. The maximum absolute atomic E-state index is 13.0. The van der Waals surface area contributed by atoms with E-state index in [9.17, 15) is 13.2 Å². The predicted octanol–water partition coefficient (Wildman–Crippen LogP) is 2.58. The van der Waals surface area contributed by atoms with Crippen molar-refractivity contribution >= 4 is 21.6 Å². The van der Waals surface area contributed by atoms with Gasteiger partial charge in [-0.15, -0.1) is 0 Å². The molecule has 6 nitrogen and oxygen atoms in total. The Balaban J connectivity index is 1.92. The van der Waals surface area contributed by atoms with Crippen LogP contribution in [-0.2, 0) is 14.8 Å². The van der Waals surface area contributed by atoms with E-state index < -0.39 is 15.9 Å². The van der Waals surface area contributed by atoms with E-state index >= 15 is 0 Å². The monoisotopic (exact) mass is 374 g/mol. The van der Waals surface area contributed by atoms with Gasteiger partial charge in [-0.2, -0.15) is 4.31 Å². The maximum atomic E-state index is 13.0. The molecule has 0 bridgehead atoms. The van der Waals surface area contributed by atoms with Crippen LogP contribution in [-0.4, -0.2) is 44.9 Å². The van der Waals surface area contributed by atoms with E-state index in [1.807, 2.05) is 32.0 Å². The van der Waals surface area contributed by atoms with Crippen LogP contribution in [0.4, 0.5) is 5.69 Å². The largest absolute Gasteiger partial charge is 0.379 e. The molecule has 1 fully saturated rings. The van der Waals surface area contributed by atoms with Crippen LogP contribution < -0.4 is 5.32 Å². The zero-order valence-electron chi connectivity index (χ0n) is 14.9. The number of nitrogens with one attached hydrogen (secondary N) is 1. The van der Waals surface area contributed by atoms with Crippen molar-refractivity contribution in [1.82, 2.24) is 4.31 Å². The highest BCUT2D eigenvalue weighted by molar-refractivity contribution is 7.89. The Morgan fingerprint density at radius 2 is 1.65 bits per heavy atom. The van der Waals surface area contributed by atoms with Crippen molar-refractivity contribution in [2.45, 2.75) is 18.7 Å². The molecule has 1 aliphatic rings. The van der Waals surface area contributed by atoms with E-state index in [4.69, 9.17) is 4.74 Å². The molecule has 3 rings (SSSR count). The fourth-order valence-corrected chi connectivity index (χ4v) is 4.65. The highest BCUT2D eigenvalue weighted by Gasteiger charge is 2.30. The van der Waals surface area contributed by atoms with Crippen LogP contribution in [0.2, 0.25) is 0 Å². The van der Waals surface area contributed by atoms with Gasteiger partial charge < -0.3 is 10.1 Å². The van der Waals surface area contributed by atoms with Crippen molar-refractivity contribution in [1.29, 1.82) is 0 Å². The number of amides is 1. The second kappa shape index (κ2) is 7.57. The number of aryl methyl sites for hydroxylation is 2. The third kappa shape index (κ3) is 3.95.